The molecule has 1 aliphatic rings. The van der Waals surface area contributed by atoms with E-state index in [2.05, 4.69) is 0 Å². The molecule has 0 bridgehead atoms. The molecule has 2 atom stereocenters. The van der Waals surface area contributed by atoms with Crippen molar-refractivity contribution in [3.8, 4) is 5.75 Å². The normalized spacial score (nSPS) is 24.6. The first-order chi connectivity index (χ1) is 7.96. The van der Waals surface area contributed by atoms with E-state index < -0.39 is 9.84 Å². The molecule has 1 saturated heterocycles. The van der Waals surface area contributed by atoms with Crippen molar-refractivity contribution in [2.75, 3.05) is 11.5 Å². The average molecular weight is 255 g/mol. The van der Waals surface area contributed by atoms with Crippen LogP contribution in [0, 0.1) is 5.92 Å². The molecule has 1 aliphatic heterocycles. The summed E-state index contributed by atoms with van der Waals surface area (Å²) in [5.41, 5.74) is 6.98. The molecule has 1 aromatic carbocycles. The summed E-state index contributed by atoms with van der Waals surface area (Å²) in [6, 6.07) is 6.78. The van der Waals surface area contributed by atoms with Crippen LogP contribution in [0.5, 0.6) is 5.75 Å². The minimum atomic E-state index is -2.87. The van der Waals surface area contributed by atoms with Crippen LogP contribution in [0.25, 0.3) is 0 Å². The van der Waals surface area contributed by atoms with E-state index >= 15 is 0 Å². The lowest BCUT2D eigenvalue weighted by Gasteiger charge is -2.17. The SMILES string of the molecule is NC(Cc1cccc(O)c1)C1CCS(=O)(=O)C1. The minimum absolute atomic E-state index is 0.0438. The van der Waals surface area contributed by atoms with Gasteiger partial charge in [0.05, 0.1) is 11.5 Å². The Morgan fingerprint density at radius 2 is 2.24 bits per heavy atom. The smallest absolute Gasteiger partial charge is 0.150 e. The summed E-state index contributed by atoms with van der Waals surface area (Å²) in [5.74, 6) is 0.717. The van der Waals surface area contributed by atoms with Gasteiger partial charge in [-0.3, -0.25) is 0 Å². The zero-order chi connectivity index (χ0) is 12.5. The quantitative estimate of drug-likeness (QED) is 0.833. The van der Waals surface area contributed by atoms with Crippen LogP contribution in [0.1, 0.15) is 12.0 Å². The third-order valence-corrected chi connectivity index (χ3v) is 5.05. The largest absolute Gasteiger partial charge is 0.508 e. The lowest BCUT2D eigenvalue weighted by molar-refractivity contribution is 0.456. The molecule has 0 aliphatic carbocycles. The second kappa shape index (κ2) is 4.66. The molecule has 0 amide bonds. The van der Waals surface area contributed by atoms with Crippen molar-refractivity contribution in [3.63, 3.8) is 0 Å². The lowest BCUT2D eigenvalue weighted by atomic mass is 9.94. The van der Waals surface area contributed by atoms with Crippen molar-refractivity contribution in [2.45, 2.75) is 18.9 Å². The summed E-state index contributed by atoms with van der Waals surface area (Å²) in [7, 11) is -2.87. The number of hydrogen-bond donors (Lipinski definition) is 2. The maximum absolute atomic E-state index is 11.4. The number of sulfone groups is 1. The van der Waals surface area contributed by atoms with E-state index in [1.807, 2.05) is 6.07 Å². The molecular weight excluding hydrogens is 238 g/mol. The Balaban J connectivity index is 2.00. The monoisotopic (exact) mass is 255 g/mol. The van der Waals surface area contributed by atoms with Crippen LogP contribution in [0.3, 0.4) is 0 Å². The highest BCUT2D eigenvalue weighted by Gasteiger charge is 2.31. The maximum Gasteiger partial charge on any atom is 0.150 e. The van der Waals surface area contributed by atoms with Gasteiger partial charge in [0.1, 0.15) is 5.75 Å². The summed E-state index contributed by atoms with van der Waals surface area (Å²) in [5, 5.41) is 9.34. The van der Waals surface area contributed by atoms with Crippen molar-refractivity contribution < 1.29 is 13.5 Å². The fraction of sp³-hybridized carbons (Fsp3) is 0.500. The van der Waals surface area contributed by atoms with E-state index in [1.165, 1.54) is 0 Å². The number of phenolic OH excluding ortho intramolecular Hbond substituents is 1. The highest BCUT2D eigenvalue weighted by Crippen LogP contribution is 2.23. The van der Waals surface area contributed by atoms with Gasteiger partial charge in [0.25, 0.3) is 0 Å². The van der Waals surface area contributed by atoms with Crippen molar-refractivity contribution in [3.05, 3.63) is 29.8 Å². The average Bonchev–Trinajstić information content (AvgIpc) is 2.59. The molecule has 1 fully saturated rings. The van der Waals surface area contributed by atoms with Gasteiger partial charge in [-0.1, -0.05) is 12.1 Å². The molecule has 5 heteroatoms. The summed E-state index contributed by atoms with van der Waals surface area (Å²) >= 11 is 0. The minimum Gasteiger partial charge on any atom is -0.508 e. The molecule has 2 rings (SSSR count). The highest BCUT2D eigenvalue weighted by molar-refractivity contribution is 7.91. The third-order valence-electron chi connectivity index (χ3n) is 3.26. The summed E-state index contributed by atoms with van der Waals surface area (Å²) in [6.45, 7) is 0. The molecule has 17 heavy (non-hydrogen) atoms. The van der Waals surface area contributed by atoms with Gasteiger partial charge < -0.3 is 10.8 Å². The molecule has 0 spiro atoms. The van der Waals surface area contributed by atoms with Crippen molar-refractivity contribution >= 4 is 9.84 Å². The topological polar surface area (TPSA) is 80.4 Å². The number of benzene rings is 1. The first kappa shape index (κ1) is 12.4. The number of hydrogen-bond acceptors (Lipinski definition) is 4. The fourth-order valence-electron chi connectivity index (χ4n) is 2.28. The zero-order valence-electron chi connectivity index (χ0n) is 9.54. The Labute approximate surface area is 101 Å². The molecule has 2 unspecified atom stereocenters. The van der Waals surface area contributed by atoms with Crippen molar-refractivity contribution in [1.29, 1.82) is 0 Å². The summed E-state index contributed by atoms with van der Waals surface area (Å²) in [4.78, 5) is 0. The number of rotatable bonds is 3. The zero-order valence-corrected chi connectivity index (χ0v) is 10.4. The number of aromatic hydroxyl groups is 1. The van der Waals surface area contributed by atoms with Crippen LogP contribution < -0.4 is 5.73 Å². The van der Waals surface area contributed by atoms with Gasteiger partial charge in [0, 0.05) is 6.04 Å². The molecule has 4 nitrogen and oxygen atoms in total. The molecule has 94 valence electrons. The fourth-order valence-corrected chi connectivity index (χ4v) is 4.18. The lowest BCUT2D eigenvalue weighted by Crippen LogP contribution is -2.33. The van der Waals surface area contributed by atoms with Crippen molar-refractivity contribution in [1.82, 2.24) is 0 Å². The van der Waals surface area contributed by atoms with Crippen molar-refractivity contribution in [2.24, 2.45) is 11.7 Å². The highest BCUT2D eigenvalue weighted by atomic mass is 32.2. The van der Waals surface area contributed by atoms with Crippen LogP contribution in [0.15, 0.2) is 24.3 Å². The van der Waals surface area contributed by atoms with Gasteiger partial charge in [0.2, 0.25) is 0 Å². The first-order valence-electron chi connectivity index (χ1n) is 5.70. The Morgan fingerprint density at radius 3 is 2.82 bits per heavy atom. The van der Waals surface area contributed by atoms with Crippen LogP contribution in [0.2, 0.25) is 0 Å². The molecule has 3 N–H and O–H groups in total. The van der Waals surface area contributed by atoms with Gasteiger partial charge >= 0.3 is 0 Å². The summed E-state index contributed by atoms with van der Waals surface area (Å²) in [6.07, 6.45) is 1.26. The summed E-state index contributed by atoms with van der Waals surface area (Å²) < 4.78 is 22.7. The second-order valence-electron chi connectivity index (χ2n) is 4.70. The van der Waals surface area contributed by atoms with Crippen LogP contribution in [-0.2, 0) is 16.3 Å². The first-order valence-corrected chi connectivity index (χ1v) is 7.52. The van der Waals surface area contributed by atoms with Crippen LogP contribution >= 0.6 is 0 Å². The molecule has 1 heterocycles. The predicted molar refractivity (Wildman–Crippen MR) is 66.5 cm³/mol. The van der Waals surface area contributed by atoms with E-state index in [-0.39, 0.29) is 29.2 Å². The second-order valence-corrected chi connectivity index (χ2v) is 6.93. The standard InChI is InChI=1S/C12H17NO3S/c13-12(10-4-5-17(15,16)8-10)7-9-2-1-3-11(14)6-9/h1-3,6,10,12,14H,4-5,7-8,13H2. The molecular formula is C12H17NO3S. The molecule has 0 aromatic heterocycles. The van der Waals surface area contributed by atoms with E-state index in [1.54, 1.807) is 18.2 Å². The number of phenols is 1. The van der Waals surface area contributed by atoms with Gasteiger partial charge in [-0.05, 0) is 36.5 Å². The van der Waals surface area contributed by atoms with Crippen LogP contribution in [-0.4, -0.2) is 31.1 Å². The van der Waals surface area contributed by atoms with Gasteiger partial charge in [-0.25, -0.2) is 8.42 Å². The van der Waals surface area contributed by atoms with E-state index in [0.29, 0.717) is 12.8 Å². The van der Waals surface area contributed by atoms with Gasteiger partial charge in [0.15, 0.2) is 9.84 Å². The Morgan fingerprint density at radius 1 is 1.47 bits per heavy atom. The predicted octanol–water partition coefficient (Wildman–Crippen LogP) is 0.697. The molecule has 0 radical (unpaired) electrons. The Hall–Kier alpha value is -1.07. The number of nitrogens with two attached hydrogens (primary N) is 1. The third kappa shape index (κ3) is 3.20. The van der Waals surface area contributed by atoms with E-state index in [0.717, 1.165) is 5.56 Å². The van der Waals surface area contributed by atoms with Gasteiger partial charge in [-0.2, -0.15) is 0 Å². The molecule has 0 saturated carbocycles. The Bertz CT molecular complexity index is 498. The van der Waals surface area contributed by atoms with Crippen LogP contribution in [0.4, 0.5) is 0 Å². The van der Waals surface area contributed by atoms with Gasteiger partial charge in [-0.15, -0.1) is 0 Å². The Kier molecular flexibility index (Phi) is 3.40. The van der Waals surface area contributed by atoms with E-state index in [9.17, 15) is 13.5 Å². The maximum atomic E-state index is 11.4. The van der Waals surface area contributed by atoms with E-state index in [4.69, 9.17) is 5.73 Å². The molecule has 1 aromatic rings.